The van der Waals surface area contributed by atoms with Crippen LogP contribution >= 0.6 is 9.03 Å². The minimum atomic E-state index is -1.52. The Morgan fingerprint density at radius 1 is 1.34 bits per heavy atom. The van der Waals surface area contributed by atoms with Crippen LogP contribution in [0.5, 0.6) is 0 Å². The first-order chi connectivity index (χ1) is 18.0. The predicted octanol–water partition coefficient (Wildman–Crippen LogP) is 3.48. The van der Waals surface area contributed by atoms with Gasteiger partial charge < -0.3 is 29.0 Å². The Labute approximate surface area is 222 Å². The number of anilines is 1. The fourth-order valence-corrected chi connectivity index (χ4v) is 6.39. The molecule has 0 aromatic carbocycles. The van der Waals surface area contributed by atoms with Gasteiger partial charge in [0.15, 0.2) is 20.6 Å². The molecule has 13 heteroatoms. The van der Waals surface area contributed by atoms with Gasteiger partial charge in [-0.3, -0.25) is 5.26 Å². The van der Waals surface area contributed by atoms with Crippen molar-refractivity contribution in [3.8, 4) is 6.07 Å². The van der Waals surface area contributed by atoms with Crippen LogP contribution in [0.4, 0.5) is 5.82 Å². The molecule has 0 spiro atoms. The van der Waals surface area contributed by atoms with E-state index in [1.54, 1.807) is 30.5 Å². The topological polar surface area (TPSA) is 156 Å². The average molecular weight is 548 g/mol. The van der Waals surface area contributed by atoms with E-state index in [4.69, 9.17) is 33.9 Å². The summed E-state index contributed by atoms with van der Waals surface area (Å²) in [5.74, 6) is -0.378. The summed E-state index contributed by atoms with van der Waals surface area (Å²) in [5, 5.41) is 24.3. The zero-order chi connectivity index (χ0) is 27.3. The third-order valence-electron chi connectivity index (χ3n) is 7.84. The van der Waals surface area contributed by atoms with Gasteiger partial charge in [0, 0.05) is 0 Å². The number of aromatic nitrogens is 3. The first-order valence-corrected chi connectivity index (χ1v) is 13.4. The van der Waals surface area contributed by atoms with Gasteiger partial charge in [-0.1, -0.05) is 12.2 Å². The highest BCUT2D eigenvalue weighted by molar-refractivity contribution is 7.26. The van der Waals surface area contributed by atoms with Gasteiger partial charge >= 0.3 is 0 Å². The maximum Gasteiger partial charge on any atom is 0.226 e. The predicted molar refractivity (Wildman–Crippen MR) is 137 cm³/mol. The maximum absolute atomic E-state index is 10.4. The van der Waals surface area contributed by atoms with Gasteiger partial charge in [-0.15, -0.1) is 0 Å². The second kappa shape index (κ2) is 10.1. The third kappa shape index (κ3) is 4.61. The Kier molecular flexibility index (Phi) is 7.26. The number of nitrogens with two attached hydrogens (primary N) is 1. The number of hydrogen-bond donors (Lipinski definition) is 2. The molecule has 2 aromatic rings. The number of fused-ring (bicyclic) bond motifs is 2. The first-order valence-electron chi connectivity index (χ1n) is 12.6. The Morgan fingerprint density at radius 2 is 2.13 bits per heavy atom. The van der Waals surface area contributed by atoms with Crippen LogP contribution < -0.4 is 5.73 Å². The highest BCUT2D eigenvalue weighted by Crippen LogP contribution is 2.50. The zero-order valence-corrected chi connectivity index (χ0v) is 22.9. The van der Waals surface area contributed by atoms with Crippen molar-refractivity contribution in [1.29, 1.82) is 5.26 Å². The van der Waals surface area contributed by atoms with Crippen LogP contribution in [0.25, 0.3) is 5.52 Å². The summed E-state index contributed by atoms with van der Waals surface area (Å²) in [6, 6.07) is 5.80. The molecule has 4 heterocycles. The Bertz CT molecular complexity index is 1250. The van der Waals surface area contributed by atoms with Gasteiger partial charge in [0.05, 0.1) is 12.3 Å². The number of nitrogens with zero attached hydrogens (tertiary/aromatic N) is 4. The van der Waals surface area contributed by atoms with Crippen LogP contribution in [0.15, 0.2) is 30.6 Å². The molecule has 2 aliphatic heterocycles. The summed E-state index contributed by atoms with van der Waals surface area (Å²) >= 11 is 0. The smallest absolute Gasteiger partial charge is 0.226 e. The molecule has 1 aliphatic carbocycles. The molecule has 3 N–H and O–H groups in total. The Hall–Kier alpha value is -2.20. The molecule has 2 saturated heterocycles. The molecule has 2 aromatic heterocycles. The number of rotatable bonds is 8. The van der Waals surface area contributed by atoms with Crippen LogP contribution in [-0.2, 0) is 33.7 Å². The quantitative estimate of drug-likeness (QED) is 0.164. The van der Waals surface area contributed by atoms with E-state index in [1.807, 2.05) is 13.8 Å². The lowest BCUT2D eigenvalue weighted by molar-refractivity contribution is -0.317. The molecule has 0 radical (unpaired) electrons. The van der Waals surface area contributed by atoms with Crippen LogP contribution in [-0.4, -0.2) is 62.3 Å². The van der Waals surface area contributed by atoms with E-state index in [2.05, 4.69) is 22.7 Å². The molecule has 38 heavy (non-hydrogen) atoms. The van der Waals surface area contributed by atoms with E-state index in [0.29, 0.717) is 24.1 Å². The molecule has 12 nitrogen and oxygen atoms in total. The lowest BCUT2D eigenvalue weighted by atomic mass is 9.75. The van der Waals surface area contributed by atoms with Crippen molar-refractivity contribution in [2.75, 3.05) is 12.3 Å². The molecule has 0 amide bonds. The van der Waals surface area contributed by atoms with Gasteiger partial charge in [-0.05, 0) is 65.0 Å². The number of nitriles is 1. The molecular formula is C25H34N5O7P. The minimum absolute atomic E-state index is 0.0953. The number of ether oxygens (including phenoxy) is 3. The van der Waals surface area contributed by atoms with Crippen molar-refractivity contribution in [3.05, 3.63) is 36.3 Å². The summed E-state index contributed by atoms with van der Waals surface area (Å²) in [7, 11) is -0.351. The largest absolute Gasteiger partial charge is 0.382 e. The molecule has 5 rings (SSSR count). The van der Waals surface area contributed by atoms with Gasteiger partial charge in [0.25, 0.3) is 0 Å². The average Bonchev–Trinajstić information content (AvgIpc) is 3.53. The zero-order valence-electron chi connectivity index (χ0n) is 21.9. The molecular weight excluding hydrogens is 513 g/mol. The van der Waals surface area contributed by atoms with Gasteiger partial charge in [0.2, 0.25) is 5.60 Å². The molecule has 8 atom stereocenters. The normalized spacial score (nSPS) is 36.6. The monoisotopic (exact) mass is 547 g/mol. The van der Waals surface area contributed by atoms with E-state index < -0.39 is 41.4 Å². The van der Waals surface area contributed by atoms with Crippen LogP contribution in [0, 0.1) is 17.2 Å². The second-order valence-electron chi connectivity index (χ2n) is 10.9. The lowest BCUT2D eigenvalue weighted by Crippen LogP contribution is -2.46. The van der Waals surface area contributed by atoms with Crippen molar-refractivity contribution in [3.63, 3.8) is 0 Å². The molecule has 3 aliphatic rings. The Balaban J connectivity index is 1.31. The van der Waals surface area contributed by atoms with Crippen molar-refractivity contribution < 1.29 is 33.4 Å². The van der Waals surface area contributed by atoms with Crippen molar-refractivity contribution in [2.24, 2.45) is 5.92 Å². The number of hydrogen-bond acceptors (Lipinski definition) is 11. The standard InChI is InChI=1S/C25H34N5O7P/c1-14(2)15-8-9-24(5,19(10-15)36-31)37-38-32-11-17-20-21(35-23(3,4)34-20)25(12-26,33-17)18-7-6-16-22(27)28-13-29-30(16)18/h6-7,13,15,17,19-21,31,38H,1,8-11H2,2-5H3,(H2,27,28,29)/t15-,17+,19+,20+,21+,24+,25-/m0/s1. The summed E-state index contributed by atoms with van der Waals surface area (Å²) in [6.45, 7) is 11.6. The van der Waals surface area contributed by atoms with Gasteiger partial charge in [-0.25, -0.2) is 14.4 Å². The van der Waals surface area contributed by atoms with E-state index in [0.717, 1.165) is 12.0 Å². The molecule has 1 unspecified atom stereocenters. The van der Waals surface area contributed by atoms with Crippen molar-refractivity contribution >= 4 is 20.4 Å². The van der Waals surface area contributed by atoms with Gasteiger partial charge in [-0.2, -0.15) is 10.4 Å². The highest BCUT2D eigenvalue weighted by Gasteiger charge is 2.65. The third-order valence-corrected chi connectivity index (χ3v) is 8.67. The number of nitrogen functional groups attached to an aromatic ring is 1. The van der Waals surface area contributed by atoms with Crippen molar-refractivity contribution in [2.45, 2.75) is 88.4 Å². The summed E-state index contributed by atoms with van der Waals surface area (Å²) in [6.07, 6.45) is 1.07. The fraction of sp³-hybridized carbons (Fsp3) is 0.640. The first kappa shape index (κ1) is 27.4. The van der Waals surface area contributed by atoms with E-state index >= 15 is 0 Å². The highest BCUT2D eigenvalue weighted by atomic mass is 31.1. The molecule has 1 saturated carbocycles. The van der Waals surface area contributed by atoms with Crippen molar-refractivity contribution in [1.82, 2.24) is 14.6 Å². The Morgan fingerprint density at radius 3 is 2.84 bits per heavy atom. The van der Waals surface area contributed by atoms with E-state index in [1.165, 1.54) is 6.33 Å². The summed E-state index contributed by atoms with van der Waals surface area (Å²) < 4.78 is 32.3. The van der Waals surface area contributed by atoms with E-state index in [-0.39, 0.29) is 27.4 Å². The number of allylic oxidation sites excluding steroid dienone is 1. The van der Waals surface area contributed by atoms with Gasteiger partial charge in [0.1, 0.15) is 47.9 Å². The van der Waals surface area contributed by atoms with Crippen LogP contribution in [0.1, 0.15) is 52.7 Å². The summed E-state index contributed by atoms with van der Waals surface area (Å²) in [5.41, 5.74) is 5.86. The molecule has 206 valence electrons. The SMILES string of the molecule is C=C(C)[C@H]1CC[C@@](C)(OPOC[C@H]2O[C@@](C#N)(c3ccc4c(N)ncnn34)[C@@H]3OC(C)(C)O[C@@H]32)[C@H](OO)C1. The fourth-order valence-electron chi connectivity index (χ4n) is 5.67. The summed E-state index contributed by atoms with van der Waals surface area (Å²) in [4.78, 5) is 8.81. The minimum Gasteiger partial charge on any atom is -0.382 e. The lowest BCUT2D eigenvalue weighted by Gasteiger charge is -2.41. The van der Waals surface area contributed by atoms with E-state index in [9.17, 15) is 10.5 Å². The van der Waals surface area contributed by atoms with Crippen LogP contribution in [0.3, 0.4) is 0 Å². The molecule has 3 fully saturated rings. The molecule has 0 bridgehead atoms. The second-order valence-corrected chi connectivity index (χ2v) is 11.6. The maximum atomic E-state index is 10.4. The van der Waals surface area contributed by atoms with Crippen LogP contribution in [0.2, 0.25) is 0 Å².